The molecule has 9 nitrogen and oxygen atoms in total. The molecule has 0 aromatic carbocycles. The Morgan fingerprint density at radius 2 is 2.11 bits per heavy atom. The molecule has 3 aromatic rings. The molecule has 1 amide bonds. The fourth-order valence-corrected chi connectivity index (χ4v) is 3.33. The molecule has 0 unspecified atom stereocenters. The van der Waals surface area contributed by atoms with Crippen LogP contribution in [0.15, 0.2) is 22.9 Å². The summed E-state index contributed by atoms with van der Waals surface area (Å²) in [7, 11) is 1.82. The number of anilines is 1. The third-order valence-corrected chi connectivity index (χ3v) is 4.81. The zero-order valence-corrected chi connectivity index (χ0v) is 15.7. The number of carbonyl (C=O) groups is 1. The van der Waals surface area contributed by atoms with E-state index in [9.17, 15) is 4.79 Å². The number of piperidine rings is 1. The van der Waals surface area contributed by atoms with E-state index in [4.69, 9.17) is 4.42 Å². The summed E-state index contributed by atoms with van der Waals surface area (Å²) < 4.78 is 7.33. The van der Waals surface area contributed by atoms with E-state index < -0.39 is 0 Å². The van der Waals surface area contributed by atoms with Crippen molar-refractivity contribution in [1.82, 2.24) is 30.3 Å². The van der Waals surface area contributed by atoms with Crippen LogP contribution < -0.4 is 10.2 Å². The second-order valence-electron chi connectivity index (χ2n) is 6.97. The minimum absolute atomic E-state index is 0.117. The van der Waals surface area contributed by atoms with Gasteiger partial charge < -0.3 is 14.6 Å². The van der Waals surface area contributed by atoms with Gasteiger partial charge in [0.05, 0.1) is 11.8 Å². The van der Waals surface area contributed by atoms with Crippen molar-refractivity contribution in [3.63, 3.8) is 0 Å². The highest BCUT2D eigenvalue weighted by atomic mass is 16.4. The van der Waals surface area contributed by atoms with Crippen LogP contribution in [0.25, 0.3) is 11.5 Å². The Morgan fingerprint density at radius 1 is 1.33 bits per heavy atom. The van der Waals surface area contributed by atoms with Crippen LogP contribution in [-0.2, 0) is 7.05 Å². The molecular formula is C18H23N7O2. The fourth-order valence-electron chi connectivity index (χ4n) is 3.33. The molecule has 0 bridgehead atoms. The Balaban J connectivity index is 1.38. The highest BCUT2D eigenvalue weighted by Crippen LogP contribution is 2.22. The number of rotatable bonds is 4. The molecule has 0 radical (unpaired) electrons. The molecule has 9 heteroatoms. The van der Waals surface area contributed by atoms with E-state index in [0.717, 1.165) is 43.0 Å². The van der Waals surface area contributed by atoms with Crippen molar-refractivity contribution in [3.8, 4) is 11.5 Å². The maximum absolute atomic E-state index is 12.7. The molecule has 1 saturated heterocycles. The van der Waals surface area contributed by atoms with Gasteiger partial charge in [-0.05, 0) is 26.7 Å². The van der Waals surface area contributed by atoms with Gasteiger partial charge in [-0.1, -0.05) is 0 Å². The molecule has 4 heterocycles. The van der Waals surface area contributed by atoms with Gasteiger partial charge in [0, 0.05) is 44.1 Å². The van der Waals surface area contributed by atoms with Gasteiger partial charge in [0.25, 0.3) is 5.91 Å². The number of hydrogen-bond acceptors (Lipinski definition) is 6. The summed E-state index contributed by atoms with van der Waals surface area (Å²) in [5.74, 6) is 1.69. The van der Waals surface area contributed by atoms with Crippen molar-refractivity contribution in [3.05, 3.63) is 35.6 Å². The highest BCUT2D eigenvalue weighted by molar-refractivity contribution is 5.93. The van der Waals surface area contributed by atoms with Crippen LogP contribution in [0.5, 0.6) is 0 Å². The molecule has 3 aromatic heterocycles. The smallest absolute Gasteiger partial charge is 0.273 e. The zero-order valence-electron chi connectivity index (χ0n) is 15.7. The predicted molar refractivity (Wildman–Crippen MR) is 99.5 cm³/mol. The van der Waals surface area contributed by atoms with E-state index in [1.165, 1.54) is 0 Å². The number of carbonyl (C=O) groups excluding carboxylic acids is 1. The molecule has 1 aliphatic rings. The Bertz CT molecular complexity index is 947. The maximum atomic E-state index is 12.7. The van der Waals surface area contributed by atoms with Crippen molar-refractivity contribution in [1.29, 1.82) is 0 Å². The molecule has 1 fully saturated rings. The molecular weight excluding hydrogens is 346 g/mol. The lowest BCUT2D eigenvalue weighted by Gasteiger charge is -2.32. The molecule has 27 heavy (non-hydrogen) atoms. The van der Waals surface area contributed by atoms with Gasteiger partial charge in [0.2, 0.25) is 5.89 Å². The van der Waals surface area contributed by atoms with E-state index in [1.54, 1.807) is 24.0 Å². The fraction of sp³-hybridized carbons (Fsp3) is 0.444. The highest BCUT2D eigenvalue weighted by Gasteiger charge is 2.25. The lowest BCUT2D eigenvalue weighted by atomic mass is 10.0. The Labute approximate surface area is 156 Å². The first kappa shape index (κ1) is 17.3. The first-order valence-electron chi connectivity index (χ1n) is 9.04. The van der Waals surface area contributed by atoms with Crippen LogP contribution in [0.2, 0.25) is 0 Å². The minimum atomic E-state index is -0.194. The molecule has 0 aliphatic carbocycles. The summed E-state index contributed by atoms with van der Waals surface area (Å²) in [6.07, 6.45) is 5.20. The van der Waals surface area contributed by atoms with Crippen LogP contribution in [0, 0.1) is 13.8 Å². The van der Waals surface area contributed by atoms with Crippen molar-refractivity contribution >= 4 is 11.7 Å². The number of H-pyrrole nitrogens is 1. The second-order valence-corrected chi connectivity index (χ2v) is 6.97. The van der Waals surface area contributed by atoms with E-state index in [2.05, 4.69) is 30.5 Å². The first-order valence-corrected chi connectivity index (χ1v) is 9.04. The monoisotopic (exact) mass is 369 g/mol. The summed E-state index contributed by atoms with van der Waals surface area (Å²) in [5.41, 5.74) is 2.13. The van der Waals surface area contributed by atoms with Crippen LogP contribution >= 0.6 is 0 Å². The maximum Gasteiger partial charge on any atom is 0.273 e. The van der Waals surface area contributed by atoms with Gasteiger partial charge in [-0.3, -0.25) is 14.6 Å². The van der Waals surface area contributed by atoms with Crippen molar-refractivity contribution in [2.75, 3.05) is 18.0 Å². The Morgan fingerprint density at radius 3 is 2.74 bits per heavy atom. The normalized spacial score (nSPS) is 15.3. The third kappa shape index (κ3) is 3.57. The molecule has 1 aliphatic heterocycles. The topological polar surface area (TPSA) is 105 Å². The van der Waals surface area contributed by atoms with Gasteiger partial charge in [-0.2, -0.15) is 10.2 Å². The van der Waals surface area contributed by atoms with Crippen molar-refractivity contribution < 1.29 is 9.21 Å². The molecule has 142 valence electrons. The van der Waals surface area contributed by atoms with Crippen LogP contribution in [0.1, 0.15) is 34.8 Å². The van der Waals surface area contributed by atoms with E-state index in [-0.39, 0.29) is 11.9 Å². The lowest BCUT2D eigenvalue weighted by molar-refractivity contribution is 0.0925. The molecule has 0 spiro atoms. The SMILES string of the molecule is Cc1cc(N2CCC(NC(=O)c3nc(-c4cnn(C)c4)oc3C)CC2)n[nH]1. The number of amides is 1. The van der Waals surface area contributed by atoms with Crippen LogP contribution in [0.4, 0.5) is 5.82 Å². The van der Waals surface area contributed by atoms with Crippen LogP contribution in [0.3, 0.4) is 0 Å². The van der Waals surface area contributed by atoms with Gasteiger partial charge in [0.15, 0.2) is 11.5 Å². The molecule has 2 N–H and O–H groups in total. The van der Waals surface area contributed by atoms with Crippen molar-refractivity contribution in [2.24, 2.45) is 7.05 Å². The van der Waals surface area contributed by atoms with Gasteiger partial charge >= 0.3 is 0 Å². The van der Waals surface area contributed by atoms with E-state index >= 15 is 0 Å². The number of aromatic nitrogens is 5. The summed E-state index contributed by atoms with van der Waals surface area (Å²) in [4.78, 5) is 19.3. The lowest BCUT2D eigenvalue weighted by Crippen LogP contribution is -2.45. The van der Waals surface area contributed by atoms with Crippen molar-refractivity contribution in [2.45, 2.75) is 32.7 Å². The summed E-state index contributed by atoms with van der Waals surface area (Å²) in [6.45, 7) is 5.45. The second kappa shape index (κ2) is 6.90. The Kier molecular flexibility index (Phi) is 4.43. The summed E-state index contributed by atoms with van der Waals surface area (Å²) in [5, 5.41) is 14.5. The number of nitrogens with zero attached hydrogens (tertiary/aromatic N) is 5. The van der Waals surface area contributed by atoms with Crippen LogP contribution in [-0.4, -0.2) is 50.0 Å². The molecule has 0 atom stereocenters. The summed E-state index contributed by atoms with van der Waals surface area (Å²) in [6, 6.07) is 2.16. The predicted octanol–water partition coefficient (Wildman–Crippen LogP) is 1.81. The standard InChI is InChI=1S/C18H23N7O2/c1-11-8-15(23-22-11)25-6-4-14(5-7-25)20-17(26)16-12(2)27-18(21-16)13-9-19-24(3)10-13/h8-10,14H,4-7H2,1-3H3,(H,20,26)(H,22,23). The Hall–Kier alpha value is -3.10. The number of aromatic amines is 1. The summed E-state index contributed by atoms with van der Waals surface area (Å²) >= 11 is 0. The average Bonchev–Trinajstić information content (AvgIpc) is 3.36. The van der Waals surface area contributed by atoms with E-state index in [0.29, 0.717) is 17.3 Å². The zero-order chi connectivity index (χ0) is 19.0. The third-order valence-electron chi connectivity index (χ3n) is 4.81. The molecule has 0 saturated carbocycles. The minimum Gasteiger partial charge on any atom is -0.440 e. The number of oxazole rings is 1. The van der Waals surface area contributed by atoms with Gasteiger partial charge in [-0.15, -0.1) is 0 Å². The quantitative estimate of drug-likeness (QED) is 0.727. The van der Waals surface area contributed by atoms with E-state index in [1.807, 2.05) is 20.0 Å². The van der Waals surface area contributed by atoms with Gasteiger partial charge in [0.1, 0.15) is 5.76 Å². The number of aryl methyl sites for hydroxylation is 3. The largest absolute Gasteiger partial charge is 0.440 e. The molecule has 4 rings (SSSR count). The average molecular weight is 369 g/mol. The van der Waals surface area contributed by atoms with Gasteiger partial charge in [-0.25, -0.2) is 4.98 Å². The first-order chi connectivity index (χ1) is 13.0. The number of hydrogen-bond donors (Lipinski definition) is 2. The number of nitrogens with one attached hydrogen (secondary N) is 2.